The topological polar surface area (TPSA) is 83.8 Å². The zero-order chi connectivity index (χ0) is 17.1. The smallest absolute Gasteiger partial charge is 0.269 e. The van der Waals surface area contributed by atoms with E-state index in [0.29, 0.717) is 13.1 Å². The summed E-state index contributed by atoms with van der Waals surface area (Å²) in [4.78, 5) is 37.9. The van der Waals surface area contributed by atoms with E-state index in [9.17, 15) is 19.7 Å². The van der Waals surface area contributed by atoms with Gasteiger partial charge in [-0.1, -0.05) is 12.1 Å². The number of carbonyl (C=O) groups is 2. The first-order valence-electron chi connectivity index (χ1n) is 7.57. The van der Waals surface area contributed by atoms with E-state index in [0.717, 1.165) is 5.56 Å². The summed E-state index contributed by atoms with van der Waals surface area (Å²) in [5.41, 5.74) is 0.856. The molecule has 1 aliphatic rings. The summed E-state index contributed by atoms with van der Waals surface area (Å²) in [5, 5.41) is 10.7. The molecule has 1 fully saturated rings. The monoisotopic (exact) mass is 319 g/mol. The van der Waals surface area contributed by atoms with Gasteiger partial charge in [-0.25, -0.2) is 0 Å². The molecule has 0 aliphatic carbocycles. The highest BCUT2D eigenvalue weighted by molar-refractivity contribution is 5.89. The maximum atomic E-state index is 12.7. The molecule has 1 saturated heterocycles. The lowest BCUT2D eigenvalue weighted by atomic mass is 10.0. The number of rotatable bonds is 5. The molecule has 1 aromatic carbocycles. The summed E-state index contributed by atoms with van der Waals surface area (Å²) in [6.45, 7) is 4.66. The lowest BCUT2D eigenvalue weighted by Crippen LogP contribution is -2.41. The zero-order valence-corrected chi connectivity index (χ0v) is 13.6. The lowest BCUT2D eigenvalue weighted by molar-refractivity contribution is -0.384. The molecule has 1 aromatic rings. The normalized spacial score (nSPS) is 17.7. The van der Waals surface area contributed by atoms with Crippen molar-refractivity contribution in [3.8, 4) is 0 Å². The predicted molar refractivity (Wildman–Crippen MR) is 84.5 cm³/mol. The van der Waals surface area contributed by atoms with Crippen molar-refractivity contribution in [1.29, 1.82) is 0 Å². The second kappa shape index (κ2) is 6.76. The van der Waals surface area contributed by atoms with Crippen LogP contribution in [0.5, 0.6) is 0 Å². The SMILES string of the molecule is CC(C)N(Cc1ccc([N+](=O)[O-])cc1)C(=O)[C@H]1CC(=O)N(C)C1. The van der Waals surface area contributed by atoms with Crippen molar-refractivity contribution in [3.63, 3.8) is 0 Å². The van der Waals surface area contributed by atoms with Crippen LogP contribution in [0, 0.1) is 16.0 Å². The minimum atomic E-state index is -0.449. The van der Waals surface area contributed by atoms with Gasteiger partial charge in [0.2, 0.25) is 11.8 Å². The minimum absolute atomic E-state index is 0.0117. The number of hydrogen-bond donors (Lipinski definition) is 0. The molecule has 0 radical (unpaired) electrons. The summed E-state index contributed by atoms with van der Waals surface area (Å²) in [7, 11) is 1.70. The van der Waals surface area contributed by atoms with Crippen LogP contribution in [0.3, 0.4) is 0 Å². The molecular weight excluding hydrogens is 298 g/mol. The van der Waals surface area contributed by atoms with Gasteiger partial charge >= 0.3 is 0 Å². The Morgan fingerprint density at radius 2 is 2.00 bits per heavy atom. The molecule has 0 bridgehead atoms. The Balaban J connectivity index is 2.11. The fourth-order valence-electron chi connectivity index (χ4n) is 2.70. The molecule has 2 amide bonds. The first kappa shape index (κ1) is 16.9. The van der Waals surface area contributed by atoms with Gasteiger partial charge in [-0.05, 0) is 19.4 Å². The van der Waals surface area contributed by atoms with Crippen molar-refractivity contribution in [2.75, 3.05) is 13.6 Å². The van der Waals surface area contributed by atoms with Crippen LogP contribution < -0.4 is 0 Å². The number of carbonyl (C=O) groups excluding carboxylic acids is 2. The van der Waals surface area contributed by atoms with E-state index in [1.54, 1.807) is 29.0 Å². The number of amides is 2. The molecule has 1 atom stereocenters. The van der Waals surface area contributed by atoms with E-state index in [2.05, 4.69) is 0 Å². The van der Waals surface area contributed by atoms with Crippen LogP contribution in [-0.4, -0.2) is 46.2 Å². The third-order valence-electron chi connectivity index (χ3n) is 4.10. The van der Waals surface area contributed by atoms with Gasteiger partial charge in [0.05, 0.1) is 10.8 Å². The van der Waals surface area contributed by atoms with Crippen molar-refractivity contribution in [3.05, 3.63) is 39.9 Å². The number of nitrogens with zero attached hydrogens (tertiary/aromatic N) is 3. The van der Waals surface area contributed by atoms with E-state index in [-0.39, 0.29) is 35.9 Å². The number of hydrogen-bond acceptors (Lipinski definition) is 4. The number of nitro groups is 1. The van der Waals surface area contributed by atoms with Crippen LogP contribution in [0.25, 0.3) is 0 Å². The Morgan fingerprint density at radius 1 is 1.39 bits per heavy atom. The van der Waals surface area contributed by atoms with E-state index < -0.39 is 4.92 Å². The molecule has 0 saturated carbocycles. The second-order valence-corrected chi connectivity index (χ2v) is 6.16. The predicted octanol–water partition coefficient (Wildman–Crippen LogP) is 1.81. The summed E-state index contributed by atoms with van der Waals surface area (Å²) >= 11 is 0. The van der Waals surface area contributed by atoms with Crippen LogP contribution in [0.2, 0.25) is 0 Å². The van der Waals surface area contributed by atoms with Crippen molar-refractivity contribution >= 4 is 17.5 Å². The highest BCUT2D eigenvalue weighted by atomic mass is 16.6. The summed E-state index contributed by atoms with van der Waals surface area (Å²) < 4.78 is 0. The molecule has 7 heteroatoms. The first-order valence-corrected chi connectivity index (χ1v) is 7.57. The van der Waals surface area contributed by atoms with Gasteiger partial charge in [-0.2, -0.15) is 0 Å². The van der Waals surface area contributed by atoms with Gasteiger partial charge < -0.3 is 9.80 Å². The van der Waals surface area contributed by atoms with E-state index in [1.807, 2.05) is 13.8 Å². The van der Waals surface area contributed by atoms with Crippen LogP contribution in [0.1, 0.15) is 25.8 Å². The highest BCUT2D eigenvalue weighted by Crippen LogP contribution is 2.22. The van der Waals surface area contributed by atoms with E-state index >= 15 is 0 Å². The van der Waals surface area contributed by atoms with Gasteiger partial charge in [0.25, 0.3) is 5.69 Å². The lowest BCUT2D eigenvalue weighted by Gasteiger charge is -2.29. The Kier molecular flexibility index (Phi) is 4.98. The molecule has 1 aliphatic heterocycles. The number of nitro benzene ring substituents is 1. The second-order valence-electron chi connectivity index (χ2n) is 6.16. The van der Waals surface area contributed by atoms with Gasteiger partial charge in [0, 0.05) is 44.7 Å². The molecule has 23 heavy (non-hydrogen) atoms. The molecule has 124 valence electrons. The number of non-ortho nitro benzene ring substituents is 1. The molecule has 0 spiro atoms. The fourth-order valence-corrected chi connectivity index (χ4v) is 2.70. The molecular formula is C16H21N3O4. The average molecular weight is 319 g/mol. The van der Waals surface area contributed by atoms with Gasteiger partial charge in [0.15, 0.2) is 0 Å². The summed E-state index contributed by atoms with van der Waals surface area (Å²) in [5.74, 6) is -0.369. The van der Waals surface area contributed by atoms with Gasteiger partial charge in [-0.15, -0.1) is 0 Å². The summed E-state index contributed by atoms with van der Waals surface area (Å²) in [6.07, 6.45) is 0.249. The third kappa shape index (κ3) is 3.85. The summed E-state index contributed by atoms with van der Waals surface area (Å²) in [6, 6.07) is 6.18. The largest absolute Gasteiger partial charge is 0.345 e. The Morgan fingerprint density at radius 3 is 2.43 bits per heavy atom. The minimum Gasteiger partial charge on any atom is -0.345 e. The van der Waals surface area contributed by atoms with Crippen molar-refractivity contribution in [2.24, 2.45) is 5.92 Å². The van der Waals surface area contributed by atoms with E-state index in [4.69, 9.17) is 0 Å². The maximum Gasteiger partial charge on any atom is 0.269 e. The van der Waals surface area contributed by atoms with Crippen LogP contribution in [-0.2, 0) is 16.1 Å². The third-order valence-corrected chi connectivity index (χ3v) is 4.10. The van der Waals surface area contributed by atoms with Crippen LogP contribution >= 0.6 is 0 Å². The van der Waals surface area contributed by atoms with Crippen molar-refractivity contribution in [1.82, 2.24) is 9.80 Å². The molecule has 2 rings (SSSR count). The molecule has 0 N–H and O–H groups in total. The molecule has 0 unspecified atom stereocenters. The van der Waals surface area contributed by atoms with Crippen molar-refractivity contribution < 1.29 is 14.5 Å². The standard InChI is InChI=1S/C16H21N3O4/c1-11(2)18(16(21)13-8-15(20)17(3)10-13)9-12-4-6-14(7-5-12)19(22)23/h4-7,11,13H,8-10H2,1-3H3/t13-/m0/s1. The maximum absolute atomic E-state index is 12.7. The average Bonchev–Trinajstić information content (AvgIpc) is 2.84. The van der Waals surface area contributed by atoms with Crippen LogP contribution in [0.15, 0.2) is 24.3 Å². The Labute approximate surface area is 135 Å². The zero-order valence-electron chi connectivity index (χ0n) is 13.6. The van der Waals surface area contributed by atoms with Gasteiger partial charge in [-0.3, -0.25) is 19.7 Å². The fraction of sp³-hybridized carbons (Fsp3) is 0.500. The van der Waals surface area contributed by atoms with Crippen LogP contribution in [0.4, 0.5) is 5.69 Å². The molecule has 7 nitrogen and oxygen atoms in total. The molecule has 1 heterocycles. The molecule has 0 aromatic heterocycles. The van der Waals surface area contributed by atoms with Gasteiger partial charge in [0.1, 0.15) is 0 Å². The number of likely N-dealkylation sites (tertiary alicyclic amines) is 1. The first-order chi connectivity index (χ1) is 10.8. The Hall–Kier alpha value is -2.44. The highest BCUT2D eigenvalue weighted by Gasteiger charge is 2.35. The quantitative estimate of drug-likeness (QED) is 0.612. The Bertz CT molecular complexity index is 612. The van der Waals surface area contributed by atoms with E-state index in [1.165, 1.54) is 12.1 Å². The number of benzene rings is 1. The van der Waals surface area contributed by atoms with Crippen molar-refractivity contribution in [2.45, 2.75) is 32.9 Å².